The van der Waals surface area contributed by atoms with Crippen molar-refractivity contribution in [3.63, 3.8) is 0 Å². The summed E-state index contributed by atoms with van der Waals surface area (Å²) >= 11 is 0. The van der Waals surface area contributed by atoms with Crippen molar-refractivity contribution in [2.45, 2.75) is 25.7 Å². The maximum atomic E-state index is 12.9. The van der Waals surface area contributed by atoms with Crippen LogP contribution >= 0.6 is 0 Å². The Balaban J connectivity index is 1.59. The zero-order chi connectivity index (χ0) is 21.5. The van der Waals surface area contributed by atoms with Gasteiger partial charge in [0.1, 0.15) is 6.17 Å². The van der Waals surface area contributed by atoms with Crippen molar-refractivity contribution in [2.75, 3.05) is 0 Å². The van der Waals surface area contributed by atoms with Crippen LogP contribution in [0.5, 0.6) is 0 Å². The van der Waals surface area contributed by atoms with E-state index >= 15 is 0 Å². The Bertz CT molecular complexity index is 1090. The number of nitriles is 1. The number of amides is 1. The first kappa shape index (κ1) is 19.6. The van der Waals surface area contributed by atoms with Gasteiger partial charge >= 0.3 is 6.18 Å². The third kappa shape index (κ3) is 3.62. The van der Waals surface area contributed by atoms with Gasteiger partial charge in [0.2, 0.25) is 0 Å². The minimum Gasteiger partial charge on any atom is -0.363 e. The third-order valence-electron chi connectivity index (χ3n) is 5.16. The Hall–Kier alpha value is -3.73. The zero-order valence-corrected chi connectivity index (χ0v) is 15.9. The molecule has 2 aliphatic heterocycles. The lowest BCUT2D eigenvalue weighted by atomic mass is 9.95. The number of benzene rings is 2. The number of carbonyl (C=O) groups is 1. The van der Waals surface area contributed by atoms with Crippen molar-refractivity contribution < 1.29 is 18.0 Å². The van der Waals surface area contributed by atoms with Crippen LogP contribution in [0.3, 0.4) is 0 Å². The number of alkyl halides is 3. The molecule has 5 nitrogen and oxygen atoms in total. The number of allylic oxidation sites excluding steroid dienone is 1. The molecule has 1 amide bonds. The van der Waals surface area contributed by atoms with E-state index in [0.717, 1.165) is 23.3 Å². The Kier molecular flexibility index (Phi) is 4.74. The Morgan fingerprint density at radius 2 is 1.70 bits per heavy atom. The van der Waals surface area contributed by atoms with E-state index in [2.05, 4.69) is 16.8 Å². The summed E-state index contributed by atoms with van der Waals surface area (Å²) in [6.07, 6.45) is -2.90. The third-order valence-corrected chi connectivity index (χ3v) is 5.16. The molecule has 1 atom stereocenters. The number of hydrogen-bond donors (Lipinski definition) is 2. The van der Waals surface area contributed by atoms with Crippen molar-refractivity contribution in [1.29, 1.82) is 5.26 Å². The molecule has 0 bridgehead atoms. The second-order valence-corrected chi connectivity index (χ2v) is 7.11. The fraction of sp³-hybridized carbons (Fsp3) is 0.182. The van der Waals surface area contributed by atoms with Gasteiger partial charge in [-0.2, -0.15) is 18.4 Å². The molecule has 2 aromatic rings. The normalized spacial score (nSPS) is 18.8. The molecule has 0 spiro atoms. The fourth-order valence-electron chi connectivity index (χ4n) is 3.59. The molecule has 8 heteroatoms. The second-order valence-electron chi connectivity index (χ2n) is 7.11. The van der Waals surface area contributed by atoms with Gasteiger partial charge in [-0.25, -0.2) is 5.01 Å². The SMILES string of the molecule is CC1=C(c2ccc(C(F)(F)F)cc2)CC2NC(c3ccc(C#N)cc3)=CC(=O)N2N1. The Morgan fingerprint density at radius 1 is 1.07 bits per heavy atom. The molecule has 4 rings (SSSR count). The maximum Gasteiger partial charge on any atom is 0.416 e. The van der Waals surface area contributed by atoms with Crippen molar-refractivity contribution in [3.05, 3.63) is 82.6 Å². The smallest absolute Gasteiger partial charge is 0.363 e. The van der Waals surface area contributed by atoms with E-state index in [1.165, 1.54) is 23.2 Å². The van der Waals surface area contributed by atoms with Crippen molar-refractivity contribution in [1.82, 2.24) is 15.8 Å². The molecule has 30 heavy (non-hydrogen) atoms. The van der Waals surface area contributed by atoms with Crippen molar-refractivity contribution >= 4 is 17.2 Å². The predicted molar refractivity (Wildman–Crippen MR) is 105 cm³/mol. The lowest BCUT2D eigenvalue weighted by molar-refractivity contribution is -0.137. The van der Waals surface area contributed by atoms with Crippen LogP contribution in [0, 0.1) is 11.3 Å². The summed E-state index contributed by atoms with van der Waals surface area (Å²) < 4.78 is 38.6. The molecule has 1 unspecified atom stereocenters. The number of carbonyl (C=O) groups excluding carboxylic acids is 1. The highest BCUT2D eigenvalue weighted by Crippen LogP contribution is 2.34. The van der Waals surface area contributed by atoms with Crippen molar-refractivity contribution in [3.8, 4) is 6.07 Å². The number of hydrazine groups is 1. The number of fused-ring (bicyclic) bond motifs is 1. The second kappa shape index (κ2) is 7.26. The number of nitrogens with zero attached hydrogens (tertiary/aromatic N) is 2. The van der Waals surface area contributed by atoms with Crippen molar-refractivity contribution in [2.24, 2.45) is 0 Å². The van der Waals surface area contributed by atoms with Crippen LogP contribution in [-0.2, 0) is 11.0 Å². The van der Waals surface area contributed by atoms with Gasteiger partial charge in [0, 0.05) is 23.9 Å². The first-order valence-electron chi connectivity index (χ1n) is 9.22. The molecule has 152 valence electrons. The van der Waals surface area contributed by atoms with E-state index in [4.69, 9.17) is 5.26 Å². The van der Waals surface area contributed by atoms with Crippen LogP contribution in [0.25, 0.3) is 11.3 Å². The summed E-state index contributed by atoms with van der Waals surface area (Å²) in [6, 6.07) is 13.9. The highest BCUT2D eigenvalue weighted by atomic mass is 19.4. The van der Waals surface area contributed by atoms with Crippen LogP contribution in [-0.4, -0.2) is 17.1 Å². The summed E-state index contributed by atoms with van der Waals surface area (Å²) in [5.74, 6) is -0.232. The quantitative estimate of drug-likeness (QED) is 0.785. The molecule has 2 aromatic carbocycles. The number of nitrogens with one attached hydrogen (secondary N) is 2. The Morgan fingerprint density at radius 3 is 2.30 bits per heavy atom. The molecular weight excluding hydrogens is 393 g/mol. The topological polar surface area (TPSA) is 68.2 Å². The molecule has 0 aromatic heterocycles. The number of rotatable bonds is 2. The monoisotopic (exact) mass is 410 g/mol. The van der Waals surface area contributed by atoms with E-state index in [9.17, 15) is 18.0 Å². The van der Waals surface area contributed by atoms with E-state index in [0.29, 0.717) is 28.9 Å². The zero-order valence-electron chi connectivity index (χ0n) is 15.9. The van der Waals surface area contributed by atoms with E-state index in [1.54, 1.807) is 31.2 Å². The van der Waals surface area contributed by atoms with Gasteiger partial charge in [-0.3, -0.25) is 10.2 Å². The van der Waals surface area contributed by atoms with Gasteiger partial charge in [-0.1, -0.05) is 24.3 Å². The molecule has 0 aliphatic carbocycles. The van der Waals surface area contributed by atoms with Gasteiger partial charge in [0.25, 0.3) is 5.91 Å². The molecule has 0 saturated heterocycles. The fourth-order valence-corrected chi connectivity index (χ4v) is 3.59. The number of halogens is 3. The molecule has 0 saturated carbocycles. The molecule has 0 radical (unpaired) electrons. The summed E-state index contributed by atoms with van der Waals surface area (Å²) in [6.45, 7) is 1.79. The summed E-state index contributed by atoms with van der Waals surface area (Å²) in [5.41, 5.74) is 6.45. The lowest BCUT2D eigenvalue weighted by Crippen LogP contribution is -2.58. The molecule has 2 heterocycles. The summed E-state index contributed by atoms with van der Waals surface area (Å²) in [5, 5.41) is 13.7. The van der Waals surface area contributed by atoms with Crippen LogP contribution in [0.1, 0.15) is 35.6 Å². The Labute approximate surface area is 171 Å². The van der Waals surface area contributed by atoms with E-state index in [1.807, 2.05) is 0 Å². The average molecular weight is 410 g/mol. The predicted octanol–water partition coefficient (Wildman–Crippen LogP) is 4.02. The highest BCUT2D eigenvalue weighted by Gasteiger charge is 2.34. The summed E-state index contributed by atoms with van der Waals surface area (Å²) in [7, 11) is 0. The average Bonchev–Trinajstić information content (AvgIpc) is 2.73. The lowest BCUT2D eigenvalue weighted by Gasteiger charge is -2.41. The number of hydrogen-bond acceptors (Lipinski definition) is 4. The molecule has 2 N–H and O–H groups in total. The van der Waals surface area contributed by atoms with Gasteiger partial charge in [-0.05, 0) is 47.9 Å². The minimum atomic E-state index is -4.39. The van der Waals surface area contributed by atoms with Crippen LogP contribution < -0.4 is 10.7 Å². The van der Waals surface area contributed by atoms with Gasteiger partial charge < -0.3 is 5.32 Å². The van der Waals surface area contributed by atoms with Crippen LogP contribution in [0.15, 0.2) is 60.3 Å². The molecule has 2 aliphatic rings. The first-order chi connectivity index (χ1) is 14.3. The molecule has 0 fully saturated rings. The molecular formula is C22H17F3N4O. The highest BCUT2D eigenvalue weighted by molar-refractivity contribution is 5.97. The van der Waals surface area contributed by atoms with Gasteiger partial charge in [-0.15, -0.1) is 0 Å². The van der Waals surface area contributed by atoms with E-state index < -0.39 is 17.9 Å². The van der Waals surface area contributed by atoms with Crippen LogP contribution in [0.4, 0.5) is 13.2 Å². The standard InChI is InChI=1S/C22H17F3N4O/c1-13-18(15-6-8-17(9-7-15)22(23,24)25)10-20-27-19(11-21(30)29(20)28-13)16-4-2-14(12-26)3-5-16/h2-9,11,20,27-28H,10H2,1H3. The van der Waals surface area contributed by atoms with Crippen LogP contribution in [0.2, 0.25) is 0 Å². The largest absolute Gasteiger partial charge is 0.416 e. The van der Waals surface area contributed by atoms with E-state index in [-0.39, 0.29) is 5.91 Å². The first-order valence-corrected chi connectivity index (χ1v) is 9.22. The van der Waals surface area contributed by atoms with Gasteiger partial charge in [0.05, 0.1) is 17.2 Å². The summed E-state index contributed by atoms with van der Waals surface area (Å²) in [4.78, 5) is 12.6. The van der Waals surface area contributed by atoms with Gasteiger partial charge in [0.15, 0.2) is 0 Å². The minimum absolute atomic E-state index is 0.232. The maximum absolute atomic E-state index is 12.9.